The van der Waals surface area contributed by atoms with Gasteiger partial charge in [-0.05, 0) is 148 Å². The van der Waals surface area contributed by atoms with Crippen LogP contribution >= 0.6 is 34.8 Å². The highest BCUT2D eigenvalue weighted by Crippen LogP contribution is 2.35. The predicted molar refractivity (Wildman–Crippen MR) is 277 cm³/mol. The number of rotatable bonds is 9. The number of nitrogens with one attached hydrogen (secondary N) is 5. The van der Waals surface area contributed by atoms with Crippen molar-refractivity contribution in [2.75, 3.05) is 41.7 Å². The van der Waals surface area contributed by atoms with Crippen molar-refractivity contribution in [3.63, 3.8) is 0 Å². The number of hydrogen-bond donors (Lipinski definition) is 5. The minimum atomic E-state index is -0.334. The minimum absolute atomic E-state index is 0.107. The van der Waals surface area contributed by atoms with Gasteiger partial charge in [-0.25, -0.2) is 18.7 Å². The van der Waals surface area contributed by atoms with Crippen LogP contribution in [0.3, 0.4) is 0 Å². The van der Waals surface area contributed by atoms with Gasteiger partial charge in [0.25, 0.3) is 0 Å². The number of fused-ring (bicyclic) bond motifs is 2. The van der Waals surface area contributed by atoms with Gasteiger partial charge in [0, 0.05) is 87.5 Å². The zero-order valence-electron chi connectivity index (χ0n) is 40.0. The molecule has 0 spiro atoms. The zero-order valence-corrected chi connectivity index (χ0v) is 42.2. The molecule has 4 heterocycles. The monoisotopic (exact) mass is 958 g/mol. The minimum Gasteiger partial charge on any atom is -0.371 e. The summed E-state index contributed by atoms with van der Waals surface area (Å²) in [6.07, 6.45) is 4.67. The van der Waals surface area contributed by atoms with Crippen molar-refractivity contribution in [1.29, 1.82) is 0 Å². The summed E-state index contributed by atoms with van der Waals surface area (Å²) >= 11 is 18.3. The summed E-state index contributed by atoms with van der Waals surface area (Å²) < 4.78 is 29.4. The normalized spacial score (nSPS) is 15.0. The third-order valence-corrected chi connectivity index (χ3v) is 12.7. The molecule has 0 bridgehead atoms. The molecule has 2 aliphatic heterocycles. The Labute approximate surface area is 406 Å². The van der Waals surface area contributed by atoms with Gasteiger partial charge in [-0.3, -0.25) is 0 Å². The molecule has 2 aliphatic rings. The average molecular weight is 961 g/mol. The van der Waals surface area contributed by atoms with E-state index in [1.807, 2.05) is 67.6 Å². The number of pyridine rings is 2. The Hall–Kier alpha value is -4.29. The highest BCUT2D eigenvalue weighted by atomic mass is 35.5. The van der Waals surface area contributed by atoms with Crippen molar-refractivity contribution < 1.29 is 8.78 Å². The molecule has 0 radical (unpaired) electrons. The van der Waals surface area contributed by atoms with E-state index in [4.69, 9.17) is 34.8 Å². The highest BCUT2D eigenvalue weighted by Gasteiger charge is 2.25. The van der Waals surface area contributed by atoms with Crippen LogP contribution in [0.25, 0.3) is 21.8 Å². The van der Waals surface area contributed by atoms with E-state index >= 15 is 4.39 Å². The Bertz CT molecular complexity index is 2540. The van der Waals surface area contributed by atoms with Gasteiger partial charge in [-0.1, -0.05) is 83.3 Å². The van der Waals surface area contributed by atoms with E-state index in [1.165, 1.54) is 25.9 Å². The first-order chi connectivity index (χ1) is 31.2. The average Bonchev–Trinajstić information content (AvgIpc) is 3.27. The van der Waals surface area contributed by atoms with Gasteiger partial charge in [0.05, 0.1) is 5.02 Å². The molecule has 5 N–H and O–H groups in total. The second-order valence-corrected chi connectivity index (χ2v) is 20.9. The van der Waals surface area contributed by atoms with Gasteiger partial charge in [0.1, 0.15) is 22.7 Å². The van der Waals surface area contributed by atoms with Crippen LogP contribution in [0.2, 0.25) is 15.1 Å². The Morgan fingerprint density at radius 3 is 1.61 bits per heavy atom. The first kappa shape index (κ1) is 51.1. The van der Waals surface area contributed by atoms with Gasteiger partial charge >= 0.3 is 0 Å². The number of hydrogen-bond acceptors (Lipinski definition) is 8. The molecule has 2 saturated heterocycles. The summed E-state index contributed by atoms with van der Waals surface area (Å²) in [7, 11) is 0. The first-order valence-electron chi connectivity index (χ1n) is 23.1. The summed E-state index contributed by atoms with van der Waals surface area (Å²) in [5.74, 6) is 0.686. The number of benzene rings is 4. The van der Waals surface area contributed by atoms with Gasteiger partial charge in [0.15, 0.2) is 11.6 Å². The number of halogens is 5. The summed E-state index contributed by atoms with van der Waals surface area (Å²) in [6, 6.07) is 25.9. The van der Waals surface area contributed by atoms with E-state index in [-0.39, 0.29) is 22.7 Å². The lowest BCUT2D eigenvalue weighted by molar-refractivity contribution is 0.304. The molecule has 0 aliphatic carbocycles. The number of anilines is 3. The van der Waals surface area contributed by atoms with Gasteiger partial charge in [0.2, 0.25) is 0 Å². The van der Waals surface area contributed by atoms with Crippen molar-refractivity contribution in [3.8, 4) is 0 Å². The van der Waals surface area contributed by atoms with E-state index in [9.17, 15) is 4.39 Å². The number of piperidine rings is 2. The van der Waals surface area contributed by atoms with E-state index in [1.54, 1.807) is 26.0 Å². The van der Waals surface area contributed by atoms with Crippen LogP contribution in [-0.4, -0.2) is 59.3 Å². The van der Waals surface area contributed by atoms with Crippen LogP contribution in [0.5, 0.6) is 0 Å². The van der Waals surface area contributed by atoms with E-state index in [0.717, 1.165) is 59.7 Å². The molecule has 354 valence electrons. The first-order valence-corrected chi connectivity index (χ1v) is 24.2. The topological polar surface area (TPSA) is 89.2 Å². The number of aryl methyl sites for hydroxylation is 2. The molecule has 13 heteroatoms. The van der Waals surface area contributed by atoms with E-state index in [2.05, 4.69) is 89.1 Å². The summed E-state index contributed by atoms with van der Waals surface area (Å²) in [4.78, 5) is 11.4. The summed E-state index contributed by atoms with van der Waals surface area (Å²) in [5, 5.41) is 20.7. The summed E-state index contributed by atoms with van der Waals surface area (Å²) in [5.41, 5.74) is 6.26. The largest absolute Gasteiger partial charge is 0.371 e. The highest BCUT2D eigenvalue weighted by molar-refractivity contribution is 6.36. The second-order valence-electron chi connectivity index (χ2n) is 19.6. The molecule has 8 nitrogen and oxygen atoms in total. The molecule has 8 rings (SSSR count). The van der Waals surface area contributed by atoms with Crippen molar-refractivity contribution in [2.45, 2.75) is 124 Å². The number of nitrogens with zero attached hydrogens (tertiary/aromatic N) is 3. The maximum atomic E-state index is 15.0. The molecule has 0 saturated carbocycles. The fourth-order valence-electron chi connectivity index (χ4n) is 8.36. The smallest absolute Gasteiger partial charge is 0.152 e. The lowest BCUT2D eigenvalue weighted by atomic mass is 9.99. The summed E-state index contributed by atoms with van der Waals surface area (Å²) in [6.45, 7) is 24.0. The van der Waals surface area contributed by atoms with Crippen LogP contribution in [0.1, 0.15) is 95.0 Å². The van der Waals surface area contributed by atoms with Gasteiger partial charge in [-0.15, -0.1) is 0 Å². The van der Waals surface area contributed by atoms with Crippen molar-refractivity contribution in [3.05, 3.63) is 133 Å². The molecule has 0 atom stereocenters. The Morgan fingerprint density at radius 1 is 0.621 bits per heavy atom. The molecular weight excluding hydrogens is 893 g/mol. The lowest BCUT2D eigenvalue weighted by Crippen LogP contribution is -2.49. The molecule has 6 aromatic rings. The van der Waals surface area contributed by atoms with E-state index in [0.29, 0.717) is 73.4 Å². The van der Waals surface area contributed by atoms with Crippen LogP contribution in [0.15, 0.2) is 78.9 Å². The zero-order chi connectivity index (χ0) is 47.8. The maximum Gasteiger partial charge on any atom is 0.152 e. The molecule has 2 fully saturated rings. The fourth-order valence-corrected chi connectivity index (χ4v) is 8.85. The van der Waals surface area contributed by atoms with Crippen LogP contribution in [0, 0.1) is 32.4 Å². The van der Waals surface area contributed by atoms with Crippen LogP contribution in [-0.2, 0) is 13.1 Å². The maximum absolute atomic E-state index is 15.0. The molecule has 4 aromatic carbocycles. The molecule has 0 unspecified atom stereocenters. The van der Waals surface area contributed by atoms with Crippen molar-refractivity contribution in [1.82, 2.24) is 25.9 Å². The quantitative estimate of drug-likeness (QED) is 0.0979. The van der Waals surface area contributed by atoms with Crippen LogP contribution in [0.4, 0.5) is 26.1 Å². The standard InChI is InChI=1S/C26H32ClFN4.C18H15Cl2FN2.C9H20N2/c1-17-5-10-21-22(32-13-11-20(12-14-32)31-26(2,3)4)15-23(30-25(21)24(17)28)29-16-18-6-8-19(27)9-7-18;1-10-3-8-14-15(20)11(2)18(23-17(14)16(10)21)22-9-12-4-6-13(19)7-5-12;1-9(2,3)11-8-4-6-10-7-5-8/h5-10,15,20,31H,11-14,16H2,1-4H3,(H,29,30);3-8H,9H2,1-2H3,(H,22,23);8,10-11H,4-7H2,1-3H3. The molecular formula is C53H67Cl3F2N8. The fraction of sp³-hybridized carbons (Fsp3) is 0.434. The Balaban J connectivity index is 0.000000184. The Kier molecular flexibility index (Phi) is 17.6. The third-order valence-electron chi connectivity index (χ3n) is 11.8. The van der Waals surface area contributed by atoms with E-state index < -0.39 is 0 Å². The molecule has 66 heavy (non-hydrogen) atoms. The third kappa shape index (κ3) is 14.4. The lowest BCUT2D eigenvalue weighted by Gasteiger charge is -2.37. The predicted octanol–water partition coefficient (Wildman–Crippen LogP) is 13.3. The van der Waals surface area contributed by atoms with Crippen LogP contribution < -0.4 is 31.5 Å². The number of aromatic nitrogens is 2. The SMILES string of the molecule is CC(C)(C)NC1CCNCC1.Cc1ccc2c(Cl)c(C)c(NCc3ccc(Cl)cc3)nc2c1F.Cc1ccc2c(N3CCC(NC(C)(C)C)CC3)cc(NCc3ccc(Cl)cc3)nc2c1F. The van der Waals surface area contributed by atoms with Gasteiger partial charge in [-0.2, -0.15) is 0 Å². The Morgan fingerprint density at radius 2 is 1.09 bits per heavy atom. The molecule has 2 aromatic heterocycles. The molecule has 0 amide bonds. The van der Waals surface area contributed by atoms with Gasteiger partial charge < -0.3 is 31.5 Å². The van der Waals surface area contributed by atoms with Crippen molar-refractivity contribution >= 4 is 73.9 Å². The van der Waals surface area contributed by atoms with Crippen molar-refractivity contribution in [2.24, 2.45) is 0 Å². The second kappa shape index (κ2) is 22.7.